The van der Waals surface area contributed by atoms with Crippen LogP contribution in [-0.4, -0.2) is 28.6 Å². The number of benzene rings is 2. The molecule has 144 valence electrons. The van der Waals surface area contributed by atoms with Crippen LogP contribution in [0.25, 0.3) is 0 Å². The zero-order valence-corrected chi connectivity index (χ0v) is 17.3. The molecule has 0 atom stereocenters. The molecule has 0 amide bonds. The zero-order valence-electron chi connectivity index (χ0n) is 15.7. The van der Waals surface area contributed by atoms with E-state index in [1.807, 2.05) is 12.1 Å². The maximum Gasteiger partial charge on any atom is 0.308 e. The first kappa shape index (κ1) is 20.1. The number of hydrogen-bond donors (Lipinski definition) is 1. The van der Waals surface area contributed by atoms with Crippen molar-refractivity contribution in [3.05, 3.63) is 70.8 Å². The summed E-state index contributed by atoms with van der Waals surface area (Å²) in [5.74, 6) is 0.208. The van der Waals surface area contributed by atoms with Crippen molar-refractivity contribution in [3.8, 4) is 0 Å². The monoisotopic (exact) mass is 403 g/mol. The lowest BCUT2D eigenvalue weighted by atomic mass is 9.96. The Hall–Kier alpha value is -1.63. The molecule has 4 nitrogen and oxygen atoms in total. The SMILES string of the molecule is CCc1cccc(CC2(Cc3cccc(CC)c3)N=C(S(=O)(=O)O)CS2)c1. The van der Waals surface area contributed by atoms with Gasteiger partial charge in [0.2, 0.25) is 0 Å². The van der Waals surface area contributed by atoms with Crippen LogP contribution < -0.4 is 0 Å². The van der Waals surface area contributed by atoms with Crippen LogP contribution in [0.2, 0.25) is 0 Å². The van der Waals surface area contributed by atoms with Crippen LogP contribution in [0.1, 0.15) is 36.1 Å². The fourth-order valence-electron chi connectivity index (χ4n) is 3.42. The maximum atomic E-state index is 11.6. The molecule has 1 N–H and O–H groups in total. The fourth-order valence-corrected chi connectivity index (χ4v) is 5.71. The van der Waals surface area contributed by atoms with Crippen molar-refractivity contribution >= 4 is 26.9 Å². The summed E-state index contributed by atoms with van der Waals surface area (Å²) in [4.78, 5) is 3.91. The summed E-state index contributed by atoms with van der Waals surface area (Å²) < 4.78 is 32.8. The summed E-state index contributed by atoms with van der Waals surface area (Å²) in [6.45, 7) is 4.23. The highest BCUT2D eigenvalue weighted by Crippen LogP contribution is 2.40. The smallest absolute Gasteiger partial charge is 0.281 e. The third-order valence-corrected chi connectivity index (χ3v) is 7.20. The van der Waals surface area contributed by atoms with Gasteiger partial charge >= 0.3 is 10.1 Å². The molecule has 0 radical (unpaired) electrons. The summed E-state index contributed by atoms with van der Waals surface area (Å²) in [5, 5.41) is -0.120. The highest BCUT2D eigenvalue weighted by molar-refractivity contribution is 8.08. The van der Waals surface area contributed by atoms with Gasteiger partial charge < -0.3 is 0 Å². The van der Waals surface area contributed by atoms with E-state index in [2.05, 4.69) is 55.2 Å². The van der Waals surface area contributed by atoms with Gasteiger partial charge in [-0.2, -0.15) is 8.42 Å². The van der Waals surface area contributed by atoms with E-state index >= 15 is 0 Å². The Balaban J connectivity index is 1.97. The molecule has 1 aliphatic rings. The quantitative estimate of drug-likeness (QED) is 0.729. The molecule has 0 aromatic heterocycles. The van der Waals surface area contributed by atoms with E-state index < -0.39 is 15.0 Å². The van der Waals surface area contributed by atoms with E-state index in [4.69, 9.17) is 0 Å². The molecule has 0 aliphatic carbocycles. The van der Waals surface area contributed by atoms with Crippen molar-refractivity contribution < 1.29 is 13.0 Å². The van der Waals surface area contributed by atoms with Gasteiger partial charge in [0.15, 0.2) is 5.04 Å². The predicted octanol–water partition coefficient (Wildman–Crippen LogP) is 4.33. The molecule has 0 bridgehead atoms. The van der Waals surface area contributed by atoms with E-state index in [1.54, 1.807) is 0 Å². The highest BCUT2D eigenvalue weighted by Gasteiger charge is 2.39. The third-order valence-electron chi connectivity index (χ3n) is 4.85. The van der Waals surface area contributed by atoms with Gasteiger partial charge in [0, 0.05) is 12.8 Å². The normalized spacial score (nSPS) is 16.3. The highest BCUT2D eigenvalue weighted by atomic mass is 32.2. The minimum absolute atomic E-state index is 0.120. The van der Waals surface area contributed by atoms with Crippen LogP contribution in [0.15, 0.2) is 53.5 Å². The first-order chi connectivity index (χ1) is 12.8. The van der Waals surface area contributed by atoms with Gasteiger partial charge in [-0.15, -0.1) is 11.8 Å². The summed E-state index contributed by atoms with van der Waals surface area (Å²) in [6, 6.07) is 16.7. The fraction of sp³-hybridized carbons (Fsp3) is 0.381. The van der Waals surface area contributed by atoms with Crippen LogP contribution >= 0.6 is 11.8 Å². The molecule has 0 unspecified atom stereocenters. The number of nitrogens with zero attached hydrogens (tertiary/aromatic N) is 1. The van der Waals surface area contributed by atoms with E-state index in [0.717, 1.165) is 24.0 Å². The van der Waals surface area contributed by atoms with E-state index in [9.17, 15) is 13.0 Å². The van der Waals surface area contributed by atoms with Crippen molar-refractivity contribution in [1.29, 1.82) is 0 Å². The van der Waals surface area contributed by atoms with Crippen molar-refractivity contribution in [2.75, 3.05) is 5.75 Å². The largest absolute Gasteiger partial charge is 0.308 e. The molecule has 0 fully saturated rings. The molecule has 0 saturated heterocycles. The number of thioether (sulfide) groups is 1. The lowest BCUT2D eigenvalue weighted by Crippen LogP contribution is -2.26. The van der Waals surface area contributed by atoms with Crippen molar-refractivity contribution in [2.24, 2.45) is 4.99 Å². The Bertz CT molecular complexity index is 902. The molecule has 6 heteroatoms. The van der Waals surface area contributed by atoms with Crippen LogP contribution in [0, 0.1) is 0 Å². The first-order valence-electron chi connectivity index (χ1n) is 9.19. The molecular weight excluding hydrogens is 378 g/mol. The minimum Gasteiger partial charge on any atom is -0.281 e. The van der Waals surface area contributed by atoms with Gasteiger partial charge in [-0.3, -0.25) is 9.55 Å². The maximum absolute atomic E-state index is 11.6. The Morgan fingerprint density at radius 1 is 0.963 bits per heavy atom. The van der Waals surface area contributed by atoms with Gasteiger partial charge in [0.25, 0.3) is 0 Å². The third kappa shape index (κ3) is 5.00. The average molecular weight is 404 g/mol. The molecule has 2 aromatic carbocycles. The Morgan fingerprint density at radius 3 is 1.85 bits per heavy atom. The molecule has 1 heterocycles. The summed E-state index contributed by atoms with van der Waals surface area (Å²) in [6.07, 6.45) is 3.15. The van der Waals surface area contributed by atoms with Gasteiger partial charge in [0.05, 0.1) is 5.75 Å². The van der Waals surface area contributed by atoms with Crippen molar-refractivity contribution in [2.45, 2.75) is 44.4 Å². The second-order valence-corrected chi connectivity index (χ2v) is 9.67. The second kappa shape index (κ2) is 8.17. The number of rotatable bonds is 6. The molecule has 0 spiro atoms. The first-order valence-corrected chi connectivity index (χ1v) is 11.6. The van der Waals surface area contributed by atoms with E-state index in [-0.39, 0.29) is 10.8 Å². The van der Waals surface area contributed by atoms with Crippen molar-refractivity contribution in [3.63, 3.8) is 0 Å². The van der Waals surface area contributed by atoms with Gasteiger partial charge in [-0.25, -0.2) is 0 Å². The number of aliphatic imine (C=N–C) groups is 1. The molecule has 1 aliphatic heterocycles. The van der Waals surface area contributed by atoms with Gasteiger partial charge in [-0.05, 0) is 35.1 Å². The van der Waals surface area contributed by atoms with E-state index in [1.165, 1.54) is 22.9 Å². The molecule has 27 heavy (non-hydrogen) atoms. The predicted molar refractivity (Wildman–Crippen MR) is 113 cm³/mol. The summed E-state index contributed by atoms with van der Waals surface area (Å²) in [5.41, 5.74) is 4.76. The van der Waals surface area contributed by atoms with Crippen LogP contribution in [0.5, 0.6) is 0 Å². The standard InChI is InChI=1S/C21H25NO3S2/c1-3-16-7-5-9-18(11-16)13-21(22-20(15-26-21)27(23,24)25)14-19-10-6-8-17(4-2)12-19/h5-12H,3-4,13-15H2,1-2H3,(H,23,24,25). The van der Waals surface area contributed by atoms with Gasteiger partial charge in [0.1, 0.15) is 4.87 Å². The van der Waals surface area contributed by atoms with E-state index in [0.29, 0.717) is 12.8 Å². The van der Waals surface area contributed by atoms with Crippen LogP contribution in [-0.2, 0) is 35.8 Å². The summed E-state index contributed by atoms with van der Waals surface area (Å²) >= 11 is 1.50. The minimum atomic E-state index is -4.25. The Morgan fingerprint density at radius 2 is 1.44 bits per heavy atom. The topological polar surface area (TPSA) is 66.7 Å². The molecule has 3 rings (SSSR count). The zero-order chi connectivity index (χ0) is 19.5. The van der Waals surface area contributed by atoms with Crippen LogP contribution in [0.3, 0.4) is 0 Å². The van der Waals surface area contributed by atoms with Gasteiger partial charge in [-0.1, -0.05) is 62.4 Å². The Kier molecular flexibility index (Phi) is 6.08. The lowest BCUT2D eigenvalue weighted by molar-refractivity contribution is 0.497. The van der Waals surface area contributed by atoms with Crippen LogP contribution in [0.4, 0.5) is 0 Å². The Labute approximate surface area is 165 Å². The summed E-state index contributed by atoms with van der Waals surface area (Å²) in [7, 11) is -4.25. The molecule has 2 aromatic rings. The number of hydrogen-bond acceptors (Lipinski definition) is 4. The molecular formula is C21H25NO3S2. The number of aryl methyl sites for hydroxylation is 2. The second-order valence-electron chi connectivity index (χ2n) is 6.92. The molecule has 0 saturated carbocycles. The van der Waals surface area contributed by atoms with Crippen molar-refractivity contribution in [1.82, 2.24) is 0 Å². The lowest BCUT2D eigenvalue weighted by Gasteiger charge is -2.26. The average Bonchev–Trinajstić information content (AvgIpc) is 3.06.